The minimum absolute atomic E-state index is 0.137. The number of hydrogen-bond acceptors (Lipinski definition) is 4. The van der Waals surface area contributed by atoms with Crippen LogP contribution in [0.3, 0.4) is 0 Å². The predicted octanol–water partition coefficient (Wildman–Crippen LogP) is 3.75. The number of phenols is 1. The van der Waals surface area contributed by atoms with Crippen molar-refractivity contribution in [3.63, 3.8) is 0 Å². The van der Waals surface area contributed by atoms with Crippen LogP contribution in [0.2, 0.25) is 0 Å². The number of aromatic hydroxyl groups is 1. The van der Waals surface area contributed by atoms with Crippen LogP contribution in [0.5, 0.6) is 5.75 Å². The molecule has 2 aromatic carbocycles. The topological polar surface area (TPSA) is 66.3 Å². The molecule has 142 valence electrons. The highest BCUT2D eigenvalue weighted by Gasteiger charge is 2.26. The predicted molar refractivity (Wildman–Crippen MR) is 103 cm³/mol. The lowest BCUT2D eigenvalue weighted by Crippen LogP contribution is -2.37. The second-order valence-corrected chi connectivity index (χ2v) is 6.80. The van der Waals surface area contributed by atoms with E-state index in [0.29, 0.717) is 25.1 Å². The summed E-state index contributed by atoms with van der Waals surface area (Å²) in [6, 6.07) is 12.5. The lowest BCUT2D eigenvalue weighted by Gasteiger charge is -2.30. The van der Waals surface area contributed by atoms with Crippen molar-refractivity contribution in [3.8, 4) is 17.0 Å². The Morgan fingerprint density at radius 2 is 1.82 bits per heavy atom. The van der Waals surface area contributed by atoms with E-state index in [9.17, 15) is 14.3 Å². The van der Waals surface area contributed by atoms with Crippen molar-refractivity contribution in [1.29, 1.82) is 0 Å². The molecule has 2 heterocycles. The van der Waals surface area contributed by atoms with Gasteiger partial charge < -0.3 is 10.0 Å². The van der Waals surface area contributed by atoms with Gasteiger partial charge in [-0.05, 0) is 48.5 Å². The van der Waals surface area contributed by atoms with Gasteiger partial charge in [0.05, 0.1) is 11.4 Å². The normalized spacial score (nSPS) is 13.3. The Bertz CT molecular complexity index is 1020. The third-order valence-electron chi connectivity index (χ3n) is 4.94. The first-order valence-corrected chi connectivity index (χ1v) is 9.28. The van der Waals surface area contributed by atoms with E-state index in [1.54, 1.807) is 17.0 Å². The number of phenolic OH excluding ortho intramolecular Hbond substituents is 1. The highest BCUT2D eigenvalue weighted by Crippen LogP contribution is 2.30. The molecule has 1 N–H and O–H groups in total. The van der Waals surface area contributed by atoms with Crippen LogP contribution in [-0.2, 0) is 19.4 Å². The third kappa shape index (κ3) is 3.45. The number of fused-ring (bicyclic) bond motifs is 1. The van der Waals surface area contributed by atoms with Crippen LogP contribution in [0.25, 0.3) is 11.3 Å². The SMILES string of the molecule is CCc1nc2c(c(-c3ccc(O)cc3)n1)CN(C(=O)c1ccc(F)cc1)CC2. The number of carbonyl (C=O) groups excluding carboxylic acids is 1. The minimum Gasteiger partial charge on any atom is -0.508 e. The van der Waals surface area contributed by atoms with Gasteiger partial charge in [-0.15, -0.1) is 0 Å². The first-order chi connectivity index (χ1) is 13.5. The lowest BCUT2D eigenvalue weighted by atomic mass is 9.98. The Hall–Kier alpha value is -3.28. The molecule has 5 nitrogen and oxygen atoms in total. The Morgan fingerprint density at radius 1 is 1.11 bits per heavy atom. The summed E-state index contributed by atoms with van der Waals surface area (Å²) in [6.45, 7) is 2.96. The van der Waals surface area contributed by atoms with Gasteiger partial charge in [0.2, 0.25) is 0 Å². The highest BCUT2D eigenvalue weighted by molar-refractivity contribution is 5.94. The number of halogens is 1. The molecule has 0 aliphatic carbocycles. The molecule has 0 atom stereocenters. The molecular weight excluding hydrogens is 357 g/mol. The summed E-state index contributed by atoms with van der Waals surface area (Å²) in [5.74, 6) is 0.452. The maximum absolute atomic E-state index is 13.2. The van der Waals surface area contributed by atoms with Crippen LogP contribution in [0.15, 0.2) is 48.5 Å². The van der Waals surface area contributed by atoms with Crippen molar-refractivity contribution in [1.82, 2.24) is 14.9 Å². The summed E-state index contributed by atoms with van der Waals surface area (Å²) in [5.41, 5.74) is 4.01. The number of rotatable bonds is 3. The number of aryl methyl sites for hydroxylation is 1. The fourth-order valence-electron chi connectivity index (χ4n) is 3.43. The molecule has 28 heavy (non-hydrogen) atoms. The van der Waals surface area contributed by atoms with Gasteiger partial charge in [0, 0.05) is 42.6 Å². The first kappa shape index (κ1) is 18.1. The average Bonchev–Trinajstić information content (AvgIpc) is 2.73. The number of benzene rings is 2. The van der Waals surface area contributed by atoms with Crippen molar-refractivity contribution >= 4 is 5.91 Å². The van der Waals surface area contributed by atoms with E-state index in [-0.39, 0.29) is 17.5 Å². The molecule has 1 amide bonds. The summed E-state index contributed by atoms with van der Waals surface area (Å²) >= 11 is 0. The zero-order valence-electron chi connectivity index (χ0n) is 15.5. The van der Waals surface area contributed by atoms with E-state index in [1.807, 2.05) is 19.1 Å². The molecule has 1 aliphatic heterocycles. The molecule has 3 aromatic rings. The minimum atomic E-state index is -0.365. The van der Waals surface area contributed by atoms with Crippen LogP contribution in [0, 0.1) is 5.82 Å². The molecule has 0 fully saturated rings. The number of nitrogens with zero attached hydrogens (tertiary/aromatic N) is 3. The fraction of sp³-hybridized carbons (Fsp3) is 0.227. The van der Waals surface area contributed by atoms with Gasteiger partial charge in [0.25, 0.3) is 5.91 Å². The lowest BCUT2D eigenvalue weighted by molar-refractivity contribution is 0.0733. The van der Waals surface area contributed by atoms with E-state index in [1.165, 1.54) is 24.3 Å². The molecule has 1 aromatic heterocycles. The van der Waals surface area contributed by atoms with Crippen molar-refractivity contribution in [3.05, 3.63) is 77.0 Å². The summed E-state index contributed by atoms with van der Waals surface area (Å²) in [5, 5.41) is 9.59. The second kappa shape index (κ2) is 7.38. The largest absolute Gasteiger partial charge is 0.508 e. The van der Waals surface area contributed by atoms with Crippen molar-refractivity contribution in [2.24, 2.45) is 0 Å². The Morgan fingerprint density at radius 3 is 2.50 bits per heavy atom. The van der Waals surface area contributed by atoms with Crippen LogP contribution >= 0.6 is 0 Å². The smallest absolute Gasteiger partial charge is 0.254 e. The Labute approximate surface area is 162 Å². The van der Waals surface area contributed by atoms with Gasteiger partial charge in [-0.25, -0.2) is 14.4 Å². The van der Waals surface area contributed by atoms with Gasteiger partial charge in [0.1, 0.15) is 17.4 Å². The van der Waals surface area contributed by atoms with Gasteiger partial charge in [-0.1, -0.05) is 6.92 Å². The molecular formula is C22H20FN3O2. The van der Waals surface area contributed by atoms with Crippen molar-refractivity contribution in [2.75, 3.05) is 6.54 Å². The average molecular weight is 377 g/mol. The van der Waals surface area contributed by atoms with Crippen LogP contribution in [-0.4, -0.2) is 32.4 Å². The molecule has 0 bridgehead atoms. The van der Waals surface area contributed by atoms with E-state index >= 15 is 0 Å². The van der Waals surface area contributed by atoms with Gasteiger partial charge in [-0.3, -0.25) is 4.79 Å². The molecule has 0 radical (unpaired) electrons. The quantitative estimate of drug-likeness (QED) is 0.755. The first-order valence-electron chi connectivity index (χ1n) is 9.28. The van der Waals surface area contributed by atoms with Crippen LogP contribution < -0.4 is 0 Å². The Balaban J connectivity index is 1.71. The summed E-state index contributed by atoms with van der Waals surface area (Å²) in [6.07, 6.45) is 1.36. The number of amides is 1. The zero-order chi connectivity index (χ0) is 19.7. The van der Waals surface area contributed by atoms with Gasteiger partial charge in [-0.2, -0.15) is 0 Å². The maximum Gasteiger partial charge on any atom is 0.254 e. The Kier molecular flexibility index (Phi) is 4.77. The number of carbonyl (C=O) groups is 1. The molecule has 4 rings (SSSR count). The molecule has 6 heteroatoms. The third-order valence-corrected chi connectivity index (χ3v) is 4.94. The molecule has 0 saturated carbocycles. The maximum atomic E-state index is 13.2. The highest BCUT2D eigenvalue weighted by atomic mass is 19.1. The second-order valence-electron chi connectivity index (χ2n) is 6.80. The fourth-order valence-corrected chi connectivity index (χ4v) is 3.43. The van der Waals surface area contributed by atoms with E-state index in [0.717, 1.165) is 34.8 Å². The monoisotopic (exact) mass is 377 g/mol. The zero-order valence-corrected chi connectivity index (χ0v) is 15.5. The van der Waals surface area contributed by atoms with Gasteiger partial charge in [0.15, 0.2) is 0 Å². The molecule has 0 unspecified atom stereocenters. The number of hydrogen-bond donors (Lipinski definition) is 1. The molecule has 0 spiro atoms. The summed E-state index contributed by atoms with van der Waals surface area (Å²) in [7, 11) is 0. The summed E-state index contributed by atoms with van der Waals surface area (Å²) < 4.78 is 13.2. The van der Waals surface area contributed by atoms with Crippen molar-refractivity contribution in [2.45, 2.75) is 26.3 Å². The molecule has 0 saturated heterocycles. The van der Waals surface area contributed by atoms with Crippen molar-refractivity contribution < 1.29 is 14.3 Å². The van der Waals surface area contributed by atoms with Crippen LogP contribution in [0.1, 0.15) is 34.4 Å². The summed E-state index contributed by atoms with van der Waals surface area (Å²) in [4.78, 5) is 24.0. The van der Waals surface area contributed by atoms with E-state index in [2.05, 4.69) is 4.98 Å². The number of aromatic nitrogens is 2. The van der Waals surface area contributed by atoms with Gasteiger partial charge >= 0.3 is 0 Å². The standard InChI is InChI=1S/C22H20FN3O2/c1-2-20-24-19-11-12-26(22(28)15-3-7-16(23)8-4-15)13-18(19)21(25-20)14-5-9-17(27)10-6-14/h3-10,27H,2,11-13H2,1H3. The van der Waals surface area contributed by atoms with Crippen LogP contribution in [0.4, 0.5) is 4.39 Å². The van der Waals surface area contributed by atoms with E-state index in [4.69, 9.17) is 4.98 Å². The molecule has 1 aliphatic rings. The van der Waals surface area contributed by atoms with E-state index < -0.39 is 0 Å².